The lowest BCUT2D eigenvalue weighted by atomic mass is 10.1. The second-order valence-electron chi connectivity index (χ2n) is 11.2. The molecule has 0 fully saturated rings. The van der Waals surface area contributed by atoms with Crippen LogP contribution in [0.5, 0.6) is 11.5 Å². The highest BCUT2D eigenvalue weighted by Crippen LogP contribution is 2.19. The second-order valence-corrected chi connectivity index (χ2v) is 11.2. The van der Waals surface area contributed by atoms with Crippen LogP contribution in [0.25, 0.3) is 0 Å². The number of benzene rings is 2. The van der Waals surface area contributed by atoms with Crippen LogP contribution in [0, 0.1) is 0 Å². The Morgan fingerprint density at radius 1 is 0.643 bits per heavy atom. The molecule has 0 aliphatic rings. The molecule has 0 heterocycles. The number of ether oxygens (including phenoxy) is 3. The summed E-state index contributed by atoms with van der Waals surface area (Å²) in [5.41, 5.74) is 2.44. The van der Waals surface area contributed by atoms with Crippen LogP contribution in [0.1, 0.15) is 122 Å². The first kappa shape index (κ1) is 35.1. The Balaban J connectivity index is 1.47. The molecule has 0 atom stereocenters. The van der Waals surface area contributed by atoms with Gasteiger partial charge in [0.05, 0.1) is 25.5 Å². The Morgan fingerprint density at radius 2 is 1.07 bits per heavy atom. The predicted octanol–water partition coefficient (Wildman–Crippen LogP) is 10.6. The van der Waals surface area contributed by atoms with E-state index >= 15 is 0 Å². The third-order valence-electron chi connectivity index (χ3n) is 7.24. The largest absolute Gasteiger partial charge is 0.494 e. The highest BCUT2D eigenvalue weighted by atomic mass is 16.5. The highest BCUT2D eigenvalue weighted by Gasteiger charge is 2.02. The molecule has 0 unspecified atom stereocenters. The van der Waals surface area contributed by atoms with E-state index in [0.717, 1.165) is 61.6 Å². The summed E-state index contributed by atoms with van der Waals surface area (Å²) in [6.45, 7) is 9.57. The maximum Gasteiger partial charge on any atom is 0.333 e. The molecule has 0 bridgehead atoms. The minimum atomic E-state index is -0.280. The number of carbonyl (C=O) groups excluding carboxylic acids is 1. The van der Waals surface area contributed by atoms with Crippen molar-refractivity contribution >= 4 is 17.9 Å². The van der Waals surface area contributed by atoms with Crippen molar-refractivity contribution < 1.29 is 19.0 Å². The minimum absolute atomic E-state index is 0.280. The predicted molar refractivity (Wildman–Crippen MR) is 176 cm³/mol. The van der Waals surface area contributed by atoms with Crippen molar-refractivity contribution in [3.8, 4) is 11.5 Å². The van der Waals surface area contributed by atoms with Gasteiger partial charge in [-0.25, -0.2) is 4.79 Å². The van der Waals surface area contributed by atoms with Gasteiger partial charge in [-0.15, -0.1) is 0 Å². The molecule has 2 aromatic rings. The molecule has 0 aliphatic carbocycles. The summed E-state index contributed by atoms with van der Waals surface area (Å²) in [4.78, 5) is 15.9. The molecular formula is C37H55NO4. The molecule has 0 spiro atoms. The summed E-state index contributed by atoms with van der Waals surface area (Å²) in [5.74, 6) is 1.54. The van der Waals surface area contributed by atoms with Gasteiger partial charge in [-0.05, 0) is 80.3 Å². The number of nitrogens with zero attached hydrogens (tertiary/aromatic N) is 1. The molecule has 232 valence electrons. The average molecular weight is 578 g/mol. The zero-order valence-electron chi connectivity index (χ0n) is 26.4. The van der Waals surface area contributed by atoms with Gasteiger partial charge in [0.2, 0.25) is 0 Å². The molecule has 0 aromatic heterocycles. The average Bonchev–Trinajstić information content (AvgIpc) is 3.00. The topological polar surface area (TPSA) is 57.1 Å². The van der Waals surface area contributed by atoms with Crippen LogP contribution >= 0.6 is 0 Å². The van der Waals surface area contributed by atoms with E-state index in [4.69, 9.17) is 14.2 Å². The standard InChI is InChI=1S/C37H55NO4/c1-4-5-6-7-11-14-17-29-41-36-26-22-34(23-27-36)38-31-33-20-24-35(25-21-33)40-28-18-15-12-9-8-10-13-16-19-30-42-37(39)32(2)3/h20-27,31H,2,4-19,28-30H2,1,3H3. The Labute approximate surface area is 255 Å². The number of hydrogen-bond acceptors (Lipinski definition) is 5. The van der Waals surface area contributed by atoms with Gasteiger partial charge in [0.1, 0.15) is 11.5 Å². The van der Waals surface area contributed by atoms with Crippen molar-refractivity contribution in [2.24, 2.45) is 4.99 Å². The second kappa shape index (κ2) is 23.5. The van der Waals surface area contributed by atoms with E-state index in [-0.39, 0.29) is 5.97 Å². The number of unbranched alkanes of at least 4 members (excludes halogenated alkanes) is 14. The zero-order valence-corrected chi connectivity index (χ0v) is 26.4. The molecule has 42 heavy (non-hydrogen) atoms. The van der Waals surface area contributed by atoms with Gasteiger partial charge in [-0.3, -0.25) is 4.99 Å². The van der Waals surface area contributed by atoms with Crippen LogP contribution in [0.4, 0.5) is 5.69 Å². The summed E-state index contributed by atoms with van der Waals surface area (Å²) < 4.78 is 16.9. The smallest absolute Gasteiger partial charge is 0.333 e. The van der Waals surface area contributed by atoms with Crippen molar-refractivity contribution in [2.45, 2.75) is 117 Å². The van der Waals surface area contributed by atoms with Crippen molar-refractivity contribution in [1.29, 1.82) is 0 Å². The van der Waals surface area contributed by atoms with Gasteiger partial charge in [-0.2, -0.15) is 0 Å². The van der Waals surface area contributed by atoms with Crippen LogP contribution in [0.3, 0.4) is 0 Å². The highest BCUT2D eigenvalue weighted by molar-refractivity contribution is 5.86. The number of hydrogen-bond donors (Lipinski definition) is 0. The fourth-order valence-corrected chi connectivity index (χ4v) is 4.60. The summed E-state index contributed by atoms with van der Waals surface area (Å²) >= 11 is 0. The molecule has 0 N–H and O–H groups in total. The number of aliphatic imine (C=N–C) groups is 1. The van der Waals surface area contributed by atoms with E-state index in [1.807, 2.05) is 54.7 Å². The molecule has 5 nitrogen and oxygen atoms in total. The van der Waals surface area contributed by atoms with Crippen molar-refractivity contribution in [2.75, 3.05) is 19.8 Å². The molecule has 2 aromatic carbocycles. The van der Waals surface area contributed by atoms with Crippen LogP contribution in [-0.2, 0) is 9.53 Å². The molecule has 0 saturated heterocycles. The van der Waals surface area contributed by atoms with E-state index in [0.29, 0.717) is 12.2 Å². The van der Waals surface area contributed by atoms with Crippen molar-refractivity contribution in [3.05, 3.63) is 66.2 Å². The summed E-state index contributed by atoms with van der Waals surface area (Å²) in [5, 5.41) is 0. The quantitative estimate of drug-likeness (QED) is 0.0510. The third kappa shape index (κ3) is 17.7. The number of rotatable bonds is 25. The van der Waals surface area contributed by atoms with Crippen LogP contribution in [0.15, 0.2) is 65.7 Å². The fraction of sp³-hybridized carbons (Fsp3) is 0.568. The first-order valence-electron chi connectivity index (χ1n) is 16.4. The first-order valence-corrected chi connectivity index (χ1v) is 16.4. The Morgan fingerprint density at radius 3 is 1.55 bits per heavy atom. The van der Waals surface area contributed by atoms with Gasteiger partial charge in [0.15, 0.2) is 0 Å². The van der Waals surface area contributed by atoms with E-state index in [9.17, 15) is 4.79 Å². The van der Waals surface area contributed by atoms with Gasteiger partial charge in [0.25, 0.3) is 0 Å². The third-order valence-corrected chi connectivity index (χ3v) is 7.24. The maximum absolute atomic E-state index is 11.3. The molecular weight excluding hydrogens is 522 g/mol. The molecule has 0 amide bonds. The summed E-state index contributed by atoms with van der Waals surface area (Å²) in [7, 11) is 0. The fourth-order valence-electron chi connectivity index (χ4n) is 4.60. The lowest BCUT2D eigenvalue weighted by Gasteiger charge is -2.07. The molecule has 5 heteroatoms. The van der Waals surface area contributed by atoms with Crippen LogP contribution < -0.4 is 9.47 Å². The lowest BCUT2D eigenvalue weighted by molar-refractivity contribution is -0.139. The van der Waals surface area contributed by atoms with E-state index in [2.05, 4.69) is 18.5 Å². The SMILES string of the molecule is C=C(C)C(=O)OCCCCCCCCCCCOc1ccc(C=Nc2ccc(OCCCCCCCCC)cc2)cc1. The minimum Gasteiger partial charge on any atom is -0.494 e. The van der Waals surface area contributed by atoms with Gasteiger partial charge >= 0.3 is 5.97 Å². The molecule has 0 radical (unpaired) electrons. The zero-order chi connectivity index (χ0) is 30.1. The Kier molecular flexibility index (Phi) is 19.6. The van der Waals surface area contributed by atoms with E-state index in [1.54, 1.807) is 6.92 Å². The Hall–Kier alpha value is -3.08. The normalized spacial score (nSPS) is 11.1. The summed E-state index contributed by atoms with van der Waals surface area (Å²) in [6.07, 6.45) is 21.5. The van der Waals surface area contributed by atoms with Crippen molar-refractivity contribution in [3.63, 3.8) is 0 Å². The van der Waals surface area contributed by atoms with Crippen LogP contribution in [0.2, 0.25) is 0 Å². The van der Waals surface area contributed by atoms with Crippen molar-refractivity contribution in [1.82, 2.24) is 0 Å². The summed E-state index contributed by atoms with van der Waals surface area (Å²) in [6, 6.07) is 16.1. The number of esters is 1. The number of carbonyl (C=O) groups is 1. The van der Waals surface area contributed by atoms with Gasteiger partial charge in [-0.1, -0.05) is 97.0 Å². The monoisotopic (exact) mass is 577 g/mol. The maximum atomic E-state index is 11.3. The van der Waals surface area contributed by atoms with Gasteiger partial charge < -0.3 is 14.2 Å². The van der Waals surface area contributed by atoms with Crippen LogP contribution in [-0.4, -0.2) is 32.0 Å². The lowest BCUT2D eigenvalue weighted by Crippen LogP contribution is -2.05. The molecule has 2 rings (SSSR count). The molecule has 0 aliphatic heterocycles. The first-order chi connectivity index (χ1) is 20.6. The van der Waals surface area contributed by atoms with E-state index in [1.165, 1.54) is 77.0 Å². The molecule has 0 saturated carbocycles. The Bertz CT molecular complexity index is 997. The van der Waals surface area contributed by atoms with E-state index < -0.39 is 0 Å². The van der Waals surface area contributed by atoms with Gasteiger partial charge in [0, 0.05) is 11.8 Å².